The number of aromatic nitrogens is 1. The highest BCUT2D eigenvalue weighted by Crippen LogP contribution is 2.29. The van der Waals surface area contributed by atoms with E-state index in [4.69, 9.17) is 4.98 Å². The predicted molar refractivity (Wildman–Crippen MR) is 83.3 cm³/mol. The Morgan fingerprint density at radius 1 is 1.25 bits per heavy atom. The number of nitrogens with one attached hydrogen (secondary N) is 1. The maximum Gasteiger partial charge on any atom is 0.132 e. The quantitative estimate of drug-likeness (QED) is 0.907. The molecule has 4 rings (SSSR count). The summed E-state index contributed by atoms with van der Waals surface area (Å²) in [5.41, 5.74) is 2.54. The predicted octanol–water partition coefficient (Wildman–Crippen LogP) is 2.74. The number of benzene rings is 1. The van der Waals surface area contributed by atoms with Crippen LogP contribution in [0.15, 0.2) is 30.3 Å². The first kappa shape index (κ1) is 12.2. The lowest BCUT2D eigenvalue weighted by atomic mass is 10.0. The van der Waals surface area contributed by atoms with E-state index >= 15 is 0 Å². The van der Waals surface area contributed by atoms with Crippen molar-refractivity contribution in [1.29, 1.82) is 0 Å². The van der Waals surface area contributed by atoms with Crippen LogP contribution in [-0.4, -0.2) is 30.7 Å². The molecule has 104 valence electrons. The molecular formula is C17H21N3. The summed E-state index contributed by atoms with van der Waals surface area (Å²) in [5, 5.41) is 4.91. The highest BCUT2D eigenvalue weighted by atomic mass is 15.2. The molecule has 3 nitrogen and oxygen atoms in total. The van der Waals surface area contributed by atoms with Gasteiger partial charge in [0.1, 0.15) is 5.82 Å². The number of piperidine rings is 1. The smallest absolute Gasteiger partial charge is 0.132 e. The summed E-state index contributed by atoms with van der Waals surface area (Å²) in [6.07, 6.45) is 5.14. The highest BCUT2D eigenvalue weighted by molar-refractivity contribution is 5.82. The van der Waals surface area contributed by atoms with Gasteiger partial charge in [-0.3, -0.25) is 0 Å². The number of nitrogens with zero attached hydrogens (tertiary/aromatic N) is 2. The minimum atomic E-state index is 0.642. The van der Waals surface area contributed by atoms with E-state index in [1.165, 1.54) is 42.6 Å². The van der Waals surface area contributed by atoms with Crippen molar-refractivity contribution >= 4 is 16.7 Å². The van der Waals surface area contributed by atoms with Crippen molar-refractivity contribution in [3.8, 4) is 0 Å². The summed E-state index contributed by atoms with van der Waals surface area (Å²) in [4.78, 5) is 7.38. The Labute approximate surface area is 120 Å². The molecule has 1 unspecified atom stereocenters. The Morgan fingerprint density at radius 2 is 2.20 bits per heavy atom. The molecule has 1 fully saturated rings. The average molecular weight is 267 g/mol. The Kier molecular flexibility index (Phi) is 3.07. The van der Waals surface area contributed by atoms with Crippen molar-refractivity contribution in [2.75, 3.05) is 24.5 Å². The van der Waals surface area contributed by atoms with Crippen molar-refractivity contribution in [3.05, 3.63) is 35.9 Å². The number of pyridine rings is 1. The van der Waals surface area contributed by atoms with Gasteiger partial charge >= 0.3 is 0 Å². The van der Waals surface area contributed by atoms with Gasteiger partial charge in [0.15, 0.2) is 0 Å². The second-order valence-electron chi connectivity index (χ2n) is 6.01. The summed E-state index contributed by atoms with van der Waals surface area (Å²) in [6.45, 7) is 3.41. The fourth-order valence-electron chi connectivity index (χ4n) is 3.49. The molecule has 2 aromatic rings. The summed E-state index contributed by atoms with van der Waals surface area (Å²) >= 11 is 0. The van der Waals surface area contributed by atoms with Crippen molar-refractivity contribution < 1.29 is 0 Å². The Morgan fingerprint density at radius 3 is 3.10 bits per heavy atom. The van der Waals surface area contributed by atoms with Crippen LogP contribution in [0.5, 0.6) is 0 Å². The molecule has 0 radical (unpaired) electrons. The van der Waals surface area contributed by atoms with E-state index in [0.29, 0.717) is 6.04 Å². The van der Waals surface area contributed by atoms with Crippen LogP contribution in [-0.2, 0) is 6.42 Å². The second-order valence-corrected chi connectivity index (χ2v) is 6.01. The normalized spacial score (nSPS) is 22.2. The maximum absolute atomic E-state index is 4.90. The standard InChI is InChI=1S/C17H21N3/c1-2-7-16-13(5-1)11-14-8-10-20(17(14)19-16)12-15-6-3-4-9-18-15/h1-2,5,7,11,15,18H,3-4,6,8-10,12H2. The first-order chi connectivity index (χ1) is 9.90. The van der Waals surface area contributed by atoms with Crippen LogP contribution in [0, 0.1) is 0 Å². The van der Waals surface area contributed by atoms with E-state index in [2.05, 4.69) is 40.5 Å². The molecule has 2 aliphatic rings. The average Bonchev–Trinajstić information content (AvgIpc) is 2.88. The molecule has 1 atom stereocenters. The van der Waals surface area contributed by atoms with Crippen LogP contribution in [0.2, 0.25) is 0 Å². The highest BCUT2D eigenvalue weighted by Gasteiger charge is 2.24. The van der Waals surface area contributed by atoms with Crippen molar-refractivity contribution in [2.45, 2.75) is 31.7 Å². The molecule has 0 spiro atoms. The van der Waals surface area contributed by atoms with Gasteiger partial charge in [-0.2, -0.15) is 0 Å². The largest absolute Gasteiger partial charge is 0.354 e. The lowest BCUT2D eigenvalue weighted by Crippen LogP contribution is -2.43. The minimum Gasteiger partial charge on any atom is -0.354 e. The first-order valence-corrected chi connectivity index (χ1v) is 7.77. The zero-order valence-electron chi connectivity index (χ0n) is 11.8. The van der Waals surface area contributed by atoms with Crippen LogP contribution in [0.3, 0.4) is 0 Å². The van der Waals surface area contributed by atoms with E-state index in [1.54, 1.807) is 0 Å². The van der Waals surface area contributed by atoms with E-state index in [9.17, 15) is 0 Å². The Bertz CT molecular complexity index is 617. The number of para-hydroxylation sites is 1. The summed E-state index contributed by atoms with van der Waals surface area (Å²) in [6, 6.07) is 11.4. The van der Waals surface area contributed by atoms with E-state index in [1.807, 2.05) is 0 Å². The van der Waals surface area contributed by atoms with Crippen LogP contribution in [0.4, 0.5) is 5.82 Å². The monoisotopic (exact) mass is 267 g/mol. The molecule has 2 aliphatic heterocycles. The fourth-order valence-corrected chi connectivity index (χ4v) is 3.49. The maximum atomic E-state index is 4.90. The Hall–Kier alpha value is -1.61. The molecule has 20 heavy (non-hydrogen) atoms. The number of rotatable bonds is 2. The SMILES string of the molecule is c1ccc2nc3c(cc2c1)CCN3CC1CCCCN1. The van der Waals surface area contributed by atoms with Gasteiger partial charge in [0, 0.05) is 24.5 Å². The molecule has 0 amide bonds. The summed E-state index contributed by atoms with van der Waals surface area (Å²) in [5.74, 6) is 1.22. The molecule has 0 aliphatic carbocycles. The lowest BCUT2D eigenvalue weighted by molar-refractivity contribution is 0.400. The molecule has 1 saturated heterocycles. The number of fused-ring (bicyclic) bond motifs is 2. The van der Waals surface area contributed by atoms with E-state index in [0.717, 1.165) is 25.0 Å². The second kappa shape index (κ2) is 5.06. The molecule has 1 N–H and O–H groups in total. The Balaban J connectivity index is 1.61. The van der Waals surface area contributed by atoms with Crippen LogP contribution >= 0.6 is 0 Å². The van der Waals surface area contributed by atoms with Crippen LogP contribution in [0.25, 0.3) is 10.9 Å². The van der Waals surface area contributed by atoms with Gasteiger partial charge in [-0.1, -0.05) is 24.6 Å². The third-order valence-corrected chi connectivity index (χ3v) is 4.58. The lowest BCUT2D eigenvalue weighted by Gasteiger charge is -2.29. The first-order valence-electron chi connectivity index (χ1n) is 7.77. The summed E-state index contributed by atoms with van der Waals surface area (Å²) in [7, 11) is 0. The molecule has 3 heteroatoms. The van der Waals surface area contributed by atoms with Gasteiger partial charge in [-0.05, 0) is 43.5 Å². The van der Waals surface area contributed by atoms with Gasteiger partial charge in [0.05, 0.1) is 5.52 Å². The van der Waals surface area contributed by atoms with E-state index in [-0.39, 0.29) is 0 Å². The van der Waals surface area contributed by atoms with Crippen molar-refractivity contribution in [1.82, 2.24) is 10.3 Å². The topological polar surface area (TPSA) is 28.2 Å². The molecule has 1 aromatic heterocycles. The number of hydrogen-bond acceptors (Lipinski definition) is 3. The number of hydrogen-bond donors (Lipinski definition) is 1. The number of anilines is 1. The van der Waals surface area contributed by atoms with Gasteiger partial charge in [-0.15, -0.1) is 0 Å². The zero-order chi connectivity index (χ0) is 13.4. The molecule has 1 aromatic carbocycles. The van der Waals surface area contributed by atoms with Gasteiger partial charge in [-0.25, -0.2) is 4.98 Å². The van der Waals surface area contributed by atoms with Crippen molar-refractivity contribution in [2.24, 2.45) is 0 Å². The van der Waals surface area contributed by atoms with Crippen LogP contribution < -0.4 is 10.2 Å². The fraction of sp³-hybridized carbons (Fsp3) is 0.471. The molecule has 3 heterocycles. The van der Waals surface area contributed by atoms with Gasteiger partial charge < -0.3 is 10.2 Å². The molecular weight excluding hydrogens is 246 g/mol. The molecule has 0 saturated carbocycles. The van der Waals surface area contributed by atoms with E-state index < -0.39 is 0 Å². The van der Waals surface area contributed by atoms with Gasteiger partial charge in [0.2, 0.25) is 0 Å². The van der Waals surface area contributed by atoms with Gasteiger partial charge in [0.25, 0.3) is 0 Å². The minimum absolute atomic E-state index is 0.642. The third kappa shape index (κ3) is 2.16. The third-order valence-electron chi connectivity index (χ3n) is 4.58. The van der Waals surface area contributed by atoms with Crippen molar-refractivity contribution in [3.63, 3.8) is 0 Å². The van der Waals surface area contributed by atoms with Crippen LogP contribution in [0.1, 0.15) is 24.8 Å². The zero-order valence-corrected chi connectivity index (χ0v) is 11.8. The summed E-state index contributed by atoms with van der Waals surface area (Å²) < 4.78 is 0. The molecule has 0 bridgehead atoms.